The van der Waals surface area contributed by atoms with E-state index in [0.717, 1.165) is 12.1 Å². The fourth-order valence-electron chi connectivity index (χ4n) is 1.63. The fourth-order valence-corrected chi connectivity index (χ4v) is 4.10. The van der Waals surface area contributed by atoms with Crippen LogP contribution in [-0.2, 0) is 6.42 Å². The Balaban J connectivity index is 2.19. The van der Waals surface area contributed by atoms with Crippen LogP contribution in [0.2, 0.25) is 0 Å². The van der Waals surface area contributed by atoms with E-state index in [9.17, 15) is 0 Å². The van der Waals surface area contributed by atoms with Gasteiger partial charge in [-0.25, -0.2) is 4.98 Å². The van der Waals surface area contributed by atoms with E-state index in [1.807, 2.05) is 12.6 Å². The molecule has 2 rings (SSSR count). The maximum atomic E-state index is 4.31. The summed E-state index contributed by atoms with van der Waals surface area (Å²) in [5.74, 6) is 0. The van der Waals surface area contributed by atoms with E-state index < -0.39 is 0 Å². The summed E-state index contributed by atoms with van der Waals surface area (Å²) >= 11 is 7.10. The highest BCUT2D eigenvalue weighted by Gasteiger charge is 2.16. The van der Waals surface area contributed by atoms with Gasteiger partial charge in [0.2, 0.25) is 0 Å². The molecule has 0 radical (unpaired) electrons. The molecule has 16 heavy (non-hydrogen) atoms. The Hall–Kier alpha value is -0.230. The zero-order valence-electron chi connectivity index (χ0n) is 9.16. The molecule has 0 saturated heterocycles. The largest absolute Gasteiger partial charge is 0.312 e. The number of nitrogens with one attached hydrogen (secondary N) is 1. The van der Waals surface area contributed by atoms with E-state index in [4.69, 9.17) is 0 Å². The molecular weight excluding hydrogens is 304 g/mol. The predicted octanol–water partition coefficient (Wildman–Crippen LogP) is 3.78. The van der Waals surface area contributed by atoms with Crippen molar-refractivity contribution < 1.29 is 0 Å². The molecular formula is C11H13BrN2S2. The van der Waals surface area contributed by atoms with E-state index in [-0.39, 0.29) is 0 Å². The molecule has 0 aliphatic heterocycles. The van der Waals surface area contributed by atoms with Crippen LogP contribution in [-0.4, -0.2) is 12.0 Å². The topological polar surface area (TPSA) is 24.9 Å². The number of aryl methyl sites for hydroxylation is 1. The molecule has 0 aliphatic carbocycles. The maximum Gasteiger partial charge on any atom is 0.0798 e. The van der Waals surface area contributed by atoms with Gasteiger partial charge in [0, 0.05) is 26.7 Å². The van der Waals surface area contributed by atoms with Crippen LogP contribution in [0.3, 0.4) is 0 Å². The van der Waals surface area contributed by atoms with Gasteiger partial charge in [0.05, 0.1) is 11.2 Å². The Morgan fingerprint density at radius 3 is 2.81 bits per heavy atom. The highest BCUT2D eigenvalue weighted by molar-refractivity contribution is 9.10. The lowest BCUT2D eigenvalue weighted by Crippen LogP contribution is -2.18. The third-order valence-corrected chi connectivity index (χ3v) is 5.52. The second-order valence-corrected chi connectivity index (χ2v) is 6.28. The lowest BCUT2D eigenvalue weighted by Gasteiger charge is -2.14. The highest BCUT2D eigenvalue weighted by Crippen LogP contribution is 2.30. The van der Waals surface area contributed by atoms with Gasteiger partial charge in [-0.15, -0.1) is 22.7 Å². The molecule has 0 spiro atoms. The van der Waals surface area contributed by atoms with Crippen LogP contribution in [0.25, 0.3) is 0 Å². The number of halogens is 1. The molecule has 1 unspecified atom stereocenters. The van der Waals surface area contributed by atoms with E-state index in [1.165, 1.54) is 14.2 Å². The van der Waals surface area contributed by atoms with Crippen LogP contribution in [0.4, 0.5) is 0 Å². The van der Waals surface area contributed by atoms with Gasteiger partial charge in [-0.05, 0) is 41.3 Å². The molecule has 0 saturated carbocycles. The highest BCUT2D eigenvalue weighted by atomic mass is 79.9. The average molecular weight is 317 g/mol. The van der Waals surface area contributed by atoms with Gasteiger partial charge < -0.3 is 5.32 Å². The van der Waals surface area contributed by atoms with Crippen molar-refractivity contribution in [2.24, 2.45) is 0 Å². The molecule has 0 fully saturated rings. The van der Waals surface area contributed by atoms with Crippen molar-refractivity contribution in [2.45, 2.75) is 19.4 Å². The summed E-state index contributed by atoms with van der Waals surface area (Å²) in [5, 5.41) is 5.48. The molecule has 0 bridgehead atoms. The average Bonchev–Trinajstić information content (AvgIpc) is 2.85. The fraction of sp³-hybridized carbons (Fsp3) is 0.364. The first-order valence-corrected chi connectivity index (χ1v) is 7.56. The summed E-state index contributed by atoms with van der Waals surface area (Å²) in [7, 11) is 2.01. The Kier molecular flexibility index (Phi) is 4.13. The van der Waals surface area contributed by atoms with Gasteiger partial charge >= 0.3 is 0 Å². The summed E-state index contributed by atoms with van der Waals surface area (Å²) in [6.07, 6.45) is 1.01. The van der Waals surface area contributed by atoms with Crippen molar-refractivity contribution in [2.75, 3.05) is 7.05 Å². The van der Waals surface area contributed by atoms with Crippen molar-refractivity contribution in [3.63, 3.8) is 0 Å². The van der Waals surface area contributed by atoms with Crippen molar-refractivity contribution in [1.29, 1.82) is 0 Å². The van der Waals surface area contributed by atoms with Gasteiger partial charge in [-0.2, -0.15) is 0 Å². The summed E-state index contributed by atoms with van der Waals surface area (Å²) in [6.45, 7) is 2.07. The second kappa shape index (κ2) is 5.40. The molecule has 0 aliphatic rings. The normalized spacial score (nSPS) is 12.9. The van der Waals surface area contributed by atoms with Crippen molar-refractivity contribution in [3.8, 4) is 0 Å². The molecule has 86 valence electrons. The Labute approximate surface area is 112 Å². The van der Waals surface area contributed by atoms with Gasteiger partial charge in [-0.3, -0.25) is 0 Å². The summed E-state index contributed by atoms with van der Waals surface area (Å²) in [4.78, 5) is 7.02. The monoisotopic (exact) mass is 316 g/mol. The number of hydrogen-bond donors (Lipinski definition) is 1. The van der Waals surface area contributed by atoms with Gasteiger partial charge in [0.1, 0.15) is 0 Å². The number of aromatic nitrogens is 1. The number of hydrogen-bond acceptors (Lipinski definition) is 4. The minimum atomic E-state index is 0.363. The minimum absolute atomic E-state index is 0.363. The van der Waals surface area contributed by atoms with Crippen molar-refractivity contribution in [3.05, 3.63) is 36.9 Å². The van der Waals surface area contributed by atoms with Crippen LogP contribution in [0.5, 0.6) is 0 Å². The minimum Gasteiger partial charge on any atom is -0.312 e. The Bertz CT molecular complexity index is 464. The van der Waals surface area contributed by atoms with E-state index in [2.05, 4.69) is 44.6 Å². The predicted molar refractivity (Wildman–Crippen MR) is 74.4 cm³/mol. The molecule has 2 aromatic rings. The number of rotatable bonds is 4. The third-order valence-electron chi connectivity index (χ3n) is 2.53. The lowest BCUT2D eigenvalue weighted by molar-refractivity contribution is 0.601. The maximum absolute atomic E-state index is 4.31. The van der Waals surface area contributed by atoms with Crippen LogP contribution in [0.1, 0.15) is 21.5 Å². The Morgan fingerprint density at radius 2 is 2.31 bits per heavy atom. The summed E-state index contributed by atoms with van der Waals surface area (Å²) in [5.41, 5.74) is 3.05. The lowest BCUT2D eigenvalue weighted by atomic mass is 10.1. The first-order valence-electron chi connectivity index (χ1n) is 5.01. The number of nitrogens with zero attached hydrogens (tertiary/aromatic N) is 1. The molecule has 5 heteroatoms. The second-order valence-electron chi connectivity index (χ2n) is 3.54. The Morgan fingerprint density at radius 1 is 1.50 bits per heavy atom. The quantitative estimate of drug-likeness (QED) is 0.928. The molecule has 2 aromatic heterocycles. The first-order chi connectivity index (χ1) is 7.72. The molecule has 2 heterocycles. The van der Waals surface area contributed by atoms with Crippen LogP contribution in [0.15, 0.2) is 21.4 Å². The SMILES string of the molecule is CNC(Cc1sccc1Br)c1scnc1C. The summed E-state index contributed by atoms with van der Waals surface area (Å²) in [6, 6.07) is 2.47. The standard InChI is InChI=1S/C11H13BrN2S2/c1-7-11(16-6-14-7)9(13-2)5-10-8(12)3-4-15-10/h3-4,6,9,13H,5H2,1-2H3. The zero-order chi connectivity index (χ0) is 11.5. The number of likely N-dealkylation sites (N-methyl/N-ethyl adjacent to an activating group) is 1. The molecule has 0 aromatic carbocycles. The van der Waals surface area contributed by atoms with E-state index in [0.29, 0.717) is 6.04 Å². The van der Waals surface area contributed by atoms with Gasteiger partial charge in [0.25, 0.3) is 0 Å². The third kappa shape index (κ3) is 2.53. The van der Waals surface area contributed by atoms with Crippen molar-refractivity contribution in [1.82, 2.24) is 10.3 Å². The van der Waals surface area contributed by atoms with Gasteiger partial charge in [0.15, 0.2) is 0 Å². The van der Waals surface area contributed by atoms with E-state index >= 15 is 0 Å². The van der Waals surface area contributed by atoms with E-state index in [1.54, 1.807) is 22.7 Å². The van der Waals surface area contributed by atoms with Crippen LogP contribution in [0, 0.1) is 6.92 Å². The molecule has 2 nitrogen and oxygen atoms in total. The number of thiazole rings is 1. The van der Waals surface area contributed by atoms with Crippen LogP contribution >= 0.6 is 38.6 Å². The molecule has 1 N–H and O–H groups in total. The first kappa shape index (κ1) is 12.2. The van der Waals surface area contributed by atoms with Crippen LogP contribution < -0.4 is 5.32 Å². The van der Waals surface area contributed by atoms with Crippen molar-refractivity contribution >= 4 is 38.6 Å². The molecule has 0 amide bonds. The summed E-state index contributed by atoms with van der Waals surface area (Å²) < 4.78 is 1.21. The smallest absolute Gasteiger partial charge is 0.0798 e. The zero-order valence-corrected chi connectivity index (χ0v) is 12.4. The van der Waals surface area contributed by atoms with Gasteiger partial charge in [-0.1, -0.05) is 0 Å². The number of thiophene rings is 1. The molecule has 1 atom stereocenters.